The minimum Gasteiger partial charge on any atom is -0.508 e. The second-order valence-corrected chi connectivity index (χ2v) is 4.88. The third kappa shape index (κ3) is 4.93. The van der Waals surface area contributed by atoms with Crippen molar-refractivity contribution < 1.29 is 9.84 Å². The summed E-state index contributed by atoms with van der Waals surface area (Å²) in [5.74, 6) is 1.56. The lowest BCUT2D eigenvalue weighted by Gasteiger charge is -2.06. The van der Waals surface area contributed by atoms with E-state index in [9.17, 15) is 5.11 Å². The van der Waals surface area contributed by atoms with Crippen molar-refractivity contribution in [1.82, 2.24) is 10.3 Å². The quantitative estimate of drug-likeness (QED) is 0.851. The maximum absolute atomic E-state index is 9.25. The first-order valence-corrected chi connectivity index (χ1v) is 6.93. The molecule has 2 rings (SSSR count). The second kappa shape index (κ2) is 7.45. The third-order valence-electron chi connectivity index (χ3n) is 3.10. The number of hydrogen-bond donors (Lipinski definition) is 2. The molecule has 0 saturated carbocycles. The number of benzene rings is 1. The van der Waals surface area contributed by atoms with Crippen LogP contribution in [0.15, 0.2) is 48.8 Å². The smallest absolute Gasteiger partial charge is 0.146 e. The van der Waals surface area contributed by atoms with Crippen molar-refractivity contribution in [1.29, 1.82) is 0 Å². The van der Waals surface area contributed by atoms with Crippen LogP contribution in [-0.2, 0) is 0 Å². The first-order chi connectivity index (χ1) is 10.2. The Labute approximate surface area is 125 Å². The van der Waals surface area contributed by atoms with E-state index in [0.717, 1.165) is 12.0 Å². The van der Waals surface area contributed by atoms with Crippen molar-refractivity contribution in [2.24, 2.45) is 0 Å². The Hall–Kier alpha value is -2.33. The summed E-state index contributed by atoms with van der Waals surface area (Å²) in [4.78, 5) is 4.18. The molecule has 0 fully saturated rings. The molecule has 0 aliphatic rings. The summed E-state index contributed by atoms with van der Waals surface area (Å²) in [7, 11) is 1.95. The van der Waals surface area contributed by atoms with Crippen LogP contribution in [-0.4, -0.2) is 23.2 Å². The molecule has 0 amide bonds. The van der Waals surface area contributed by atoms with Crippen LogP contribution in [0.2, 0.25) is 0 Å². The molecule has 0 aliphatic heterocycles. The number of ether oxygens (including phenoxy) is 1. The normalized spacial score (nSPS) is 12.5. The van der Waals surface area contributed by atoms with Crippen molar-refractivity contribution in [3.63, 3.8) is 0 Å². The van der Waals surface area contributed by atoms with Gasteiger partial charge in [0.25, 0.3) is 0 Å². The molecule has 0 spiro atoms. The van der Waals surface area contributed by atoms with Gasteiger partial charge in [0.1, 0.15) is 17.2 Å². The number of rotatable bonds is 6. The zero-order chi connectivity index (χ0) is 15.1. The highest BCUT2D eigenvalue weighted by Crippen LogP contribution is 2.23. The zero-order valence-electron chi connectivity index (χ0n) is 12.3. The molecule has 2 aromatic rings. The summed E-state index contributed by atoms with van der Waals surface area (Å²) in [5, 5.41) is 12.4. The van der Waals surface area contributed by atoms with Crippen LogP contribution in [0.5, 0.6) is 17.2 Å². The van der Waals surface area contributed by atoms with Crippen LogP contribution in [0, 0.1) is 0 Å². The molecular formula is C17H20N2O2. The van der Waals surface area contributed by atoms with E-state index in [1.165, 1.54) is 0 Å². The van der Waals surface area contributed by atoms with E-state index in [0.29, 0.717) is 17.5 Å². The van der Waals surface area contributed by atoms with Gasteiger partial charge >= 0.3 is 0 Å². The highest BCUT2D eigenvalue weighted by molar-refractivity contribution is 5.50. The van der Waals surface area contributed by atoms with Crippen molar-refractivity contribution in [3.8, 4) is 17.2 Å². The minimum absolute atomic E-state index is 0.218. The molecule has 0 bridgehead atoms. The maximum atomic E-state index is 9.25. The third-order valence-corrected chi connectivity index (χ3v) is 3.10. The van der Waals surface area contributed by atoms with Crippen LogP contribution in [0.25, 0.3) is 6.08 Å². The maximum Gasteiger partial charge on any atom is 0.146 e. The average molecular weight is 284 g/mol. The predicted molar refractivity (Wildman–Crippen MR) is 84.6 cm³/mol. The molecule has 0 radical (unpaired) electrons. The van der Waals surface area contributed by atoms with E-state index in [1.807, 2.05) is 19.2 Å². The van der Waals surface area contributed by atoms with Crippen LogP contribution >= 0.6 is 0 Å². The zero-order valence-corrected chi connectivity index (χ0v) is 12.3. The van der Waals surface area contributed by atoms with Crippen molar-refractivity contribution in [2.45, 2.75) is 19.4 Å². The fraction of sp³-hybridized carbons (Fsp3) is 0.235. The van der Waals surface area contributed by atoms with E-state index in [4.69, 9.17) is 4.74 Å². The molecule has 2 N–H and O–H groups in total. The summed E-state index contributed by atoms with van der Waals surface area (Å²) in [6, 6.07) is 8.99. The Kier molecular flexibility index (Phi) is 5.35. The lowest BCUT2D eigenvalue weighted by atomic mass is 10.2. The van der Waals surface area contributed by atoms with Crippen molar-refractivity contribution in [3.05, 3.63) is 54.4 Å². The van der Waals surface area contributed by atoms with Gasteiger partial charge in [0.05, 0.1) is 6.20 Å². The molecule has 0 saturated heterocycles. The number of hydrogen-bond acceptors (Lipinski definition) is 4. The standard InChI is InChI=1S/C17H20N2O2/c1-13(18-2)4-3-5-14-10-17(12-19-11-14)21-16-8-6-15(20)7-9-16/h3,5-13,18,20H,4H2,1-2H3/b5-3+. The molecule has 4 heteroatoms. The van der Waals surface area contributed by atoms with Gasteiger partial charge < -0.3 is 15.2 Å². The number of phenols is 1. The molecule has 1 aromatic heterocycles. The monoisotopic (exact) mass is 284 g/mol. The Bertz CT molecular complexity index is 594. The summed E-state index contributed by atoms with van der Waals surface area (Å²) in [5.41, 5.74) is 0.995. The number of aromatic nitrogens is 1. The van der Waals surface area contributed by atoms with Gasteiger partial charge in [0.15, 0.2) is 0 Å². The van der Waals surface area contributed by atoms with Crippen LogP contribution < -0.4 is 10.1 Å². The Morgan fingerprint density at radius 1 is 1.24 bits per heavy atom. The van der Waals surface area contributed by atoms with Crippen LogP contribution in [0.3, 0.4) is 0 Å². The molecule has 21 heavy (non-hydrogen) atoms. The number of nitrogens with one attached hydrogen (secondary N) is 1. The first-order valence-electron chi connectivity index (χ1n) is 6.93. The summed E-state index contributed by atoms with van der Waals surface area (Å²) in [6.45, 7) is 2.13. The van der Waals surface area contributed by atoms with E-state index >= 15 is 0 Å². The largest absolute Gasteiger partial charge is 0.508 e. The minimum atomic E-state index is 0.218. The first kappa shape index (κ1) is 15.1. The number of nitrogens with zero attached hydrogens (tertiary/aromatic N) is 1. The van der Waals surface area contributed by atoms with Gasteiger partial charge in [-0.15, -0.1) is 0 Å². The number of phenolic OH excluding ortho intramolecular Hbond substituents is 1. The van der Waals surface area contributed by atoms with Gasteiger partial charge in [-0.05, 0) is 56.3 Å². The molecule has 1 aromatic carbocycles. The Morgan fingerprint density at radius 2 is 2.00 bits per heavy atom. The second-order valence-electron chi connectivity index (χ2n) is 4.88. The van der Waals surface area contributed by atoms with Crippen molar-refractivity contribution in [2.75, 3.05) is 7.05 Å². The number of aromatic hydroxyl groups is 1. The van der Waals surface area contributed by atoms with Crippen LogP contribution in [0.1, 0.15) is 18.9 Å². The number of pyridine rings is 1. The fourth-order valence-electron chi connectivity index (χ4n) is 1.76. The predicted octanol–water partition coefficient (Wildman–Crippen LogP) is 3.59. The van der Waals surface area contributed by atoms with Gasteiger partial charge in [-0.2, -0.15) is 0 Å². The topological polar surface area (TPSA) is 54.4 Å². The van der Waals surface area contributed by atoms with Gasteiger partial charge in [0.2, 0.25) is 0 Å². The van der Waals surface area contributed by atoms with Gasteiger partial charge in [-0.25, -0.2) is 0 Å². The molecule has 1 unspecified atom stereocenters. The Morgan fingerprint density at radius 3 is 2.71 bits per heavy atom. The molecule has 0 aliphatic carbocycles. The Balaban J connectivity index is 2.02. The molecule has 1 heterocycles. The van der Waals surface area contributed by atoms with Crippen molar-refractivity contribution >= 4 is 6.08 Å². The highest BCUT2D eigenvalue weighted by atomic mass is 16.5. The molecule has 1 atom stereocenters. The van der Waals surface area contributed by atoms with E-state index < -0.39 is 0 Å². The SMILES string of the molecule is CNC(C)C/C=C/c1cncc(Oc2ccc(O)cc2)c1. The molecular weight excluding hydrogens is 264 g/mol. The molecule has 110 valence electrons. The van der Waals surface area contributed by atoms with Gasteiger partial charge in [-0.1, -0.05) is 12.2 Å². The fourth-order valence-corrected chi connectivity index (χ4v) is 1.76. The summed E-state index contributed by atoms with van der Waals surface area (Å²) in [6.07, 6.45) is 8.57. The van der Waals surface area contributed by atoms with Gasteiger partial charge in [-0.3, -0.25) is 4.98 Å². The highest BCUT2D eigenvalue weighted by Gasteiger charge is 1.99. The van der Waals surface area contributed by atoms with Gasteiger partial charge in [0, 0.05) is 12.2 Å². The van der Waals surface area contributed by atoms with E-state index in [-0.39, 0.29) is 5.75 Å². The lowest BCUT2D eigenvalue weighted by Crippen LogP contribution is -2.19. The summed E-state index contributed by atoms with van der Waals surface area (Å²) < 4.78 is 5.70. The van der Waals surface area contributed by atoms with E-state index in [1.54, 1.807) is 36.7 Å². The average Bonchev–Trinajstić information content (AvgIpc) is 2.50. The molecule has 4 nitrogen and oxygen atoms in total. The lowest BCUT2D eigenvalue weighted by molar-refractivity contribution is 0.463. The van der Waals surface area contributed by atoms with E-state index in [2.05, 4.69) is 23.3 Å². The summed E-state index contributed by atoms with van der Waals surface area (Å²) >= 11 is 0. The van der Waals surface area contributed by atoms with Crippen LogP contribution in [0.4, 0.5) is 0 Å².